The van der Waals surface area contributed by atoms with Gasteiger partial charge in [-0.15, -0.1) is 11.8 Å². The maximum atomic E-state index is 13.7. The zero-order chi connectivity index (χ0) is 19.6. The van der Waals surface area contributed by atoms with Crippen LogP contribution in [0.15, 0.2) is 42.5 Å². The van der Waals surface area contributed by atoms with Gasteiger partial charge in [0, 0.05) is 22.9 Å². The third-order valence-corrected chi connectivity index (χ3v) is 5.23. The number of hydrogen-bond acceptors (Lipinski definition) is 5. The lowest BCUT2D eigenvalue weighted by molar-refractivity contribution is -0.385. The molecule has 1 N–H and O–H groups in total. The summed E-state index contributed by atoms with van der Waals surface area (Å²) in [6.07, 6.45) is 0. The summed E-state index contributed by atoms with van der Waals surface area (Å²) in [7, 11) is 0. The van der Waals surface area contributed by atoms with Crippen molar-refractivity contribution in [1.29, 1.82) is 0 Å². The van der Waals surface area contributed by atoms with Gasteiger partial charge in [0.2, 0.25) is 5.91 Å². The topological polar surface area (TPSA) is 92.6 Å². The van der Waals surface area contributed by atoms with E-state index in [0.717, 1.165) is 0 Å². The molecule has 1 unspecified atom stereocenters. The summed E-state index contributed by atoms with van der Waals surface area (Å²) in [5.74, 6) is -0.730. The number of halogens is 1. The molecule has 2 amide bonds. The van der Waals surface area contributed by atoms with Crippen LogP contribution in [0.2, 0.25) is 0 Å². The molecule has 3 rings (SSSR count). The minimum absolute atomic E-state index is 0.0537. The third-order valence-electron chi connectivity index (χ3n) is 4.22. The number of benzene rings is 2. The van der Waals surface area contributed by atoms with E-state index in [1.54, 1.807) is 13.0 Å². The van der Waals surface area contributed by atoms with Crippen LogP contribution >= 0.6 is 11.8 Å². The number of thioether (sulfide) groups is 1. The van der Waals surface area contributed by atoms with Crippen molar-refractivity contribution in [2.24, 2.45) is 0 Å². The van der Waals surface area contributed by atoms with Crippen molar-refractivity contribution < 1.29 is 18.9 Å². The van der Waals surface area contributed by atoms with Crippen LogP contribution in [0.5, 0.6) is 0 Å². The highest BCUT2D eigenvalue weighted by molar-refractivity contribution is 7.99. The molecule has 0 saturated carbocycles. The Kier molecular flexibility index (Phi) is 5.41. The number of para-hydroxylation sites is 1. The van der Waals surface area contributed by atoms with E-state index >= 15 is 0 Å². The van der Waals surface area contributed by atoms with Gasteiger partial charge in [0.15, 0.2) is 0 Å². The predicted octanol–water partition coefficient (Wildman–Crippen LogP) is 3.20. The highest BCUT2D eigenvalue weighted by Crippen LogP contribution is 2.26. The second kappa shape index (κ2) is 7.75. The van der Waals surface area contributed by atoms with E-state index < -0.39 is 28.6 Å². The van der Waals surface area contributed by atoms with Gasteiger partial charge in [-0.2, -0.15) is 0 Å². The van der Waals surface area contributed by atoms with Crippen molar-refractivity contribution in [2.45, 2.75) is 13.0 Å². The highest BCUT2D eigenvalue weighted by atomic mass is 32.2. The number of carbonyl (C=O) groups is 2. The van der Waals surface area contributed by atoms with Crippen molar-refractivity contribution in [3.8, 4) is 0 Å². The summed E-state index contributed by atoms with van der Waals surface area (Å²) in [6.45, 7) is 1.55. The van der Waals surface area contributed by atoms with Gasteiger partial charge in [-0.25, -0.2) is 4.39 Å². The molecular formula is C18H16FN3O4S. The fourth-order valence-corrected chi connectivity index (χ4v) is 3.95. The van der Waals surface area contributed by atoms with Crippen molar-refractivity contribution >= 4 is 35.0 Å². The fraction of sp³-hybridized carbons (Fsp3) is 0.222. The van der Waals surface area contributed by atoms with Crippen LogP contribution in [0.3, 0.4) is 0 Å². The second-order valence-corrected chi connectivity index (χ2v) is 7.02. The zero-order valence-corrected chi connectivity index (χ0v) is 15.2. The molecule has 27 heavy (non-hydrogen) atoms. The normalized spacial score (nSPS) is 16.2. The number of anilines is 1. The molecule has 1 aliphatic heterocycles. The number of nitrogens with zero attached hydrogens (tertiary/aromatic N) is 2. The summed E-state index contributed by atoms with van der Waals surface area (Å²) in [6, 6.07) is 9.14. The molecule has 0 spiro atoms. The van der Waals surface area contributed by atoms with Crippen molar-refractivity contribution in [3.63, 3.8) is 0 Å². The van der Waals surface area contributed by atoms with E-state index in [9.17, 15) is 24.1 Å². The minimum Gasteiger partial charge on any atom is -0.322 e. The molecule has 1 heterocycles. The Hall–Kier alpha value is -2.94. The molecule has 0 aromatic heterocycles. The Bertz CT molecular complexity index is 921. The summed E-state index contributed by atoms with van der Waals surface area (Å²) >= 11 is 1.41. The van der Waals surface area contributed by atoms with Gasteiger partial charge in [0.25, 0.3) is 11.6 Å². The summed E-state index contributed by atoms with van der Waals surface area (Å²) < 4.78 is 13.7. The van der Waals surface area contributed by atoms with E-state index in [4.69, 9.17) is 0 Å². The first-order chi connectivity index (χ1) is 12.9. The molecule has 7 nitrogen and oxygen atoms in total. The number of nitrogens with one attached hydrogen (secondary N) is 1. The first-order valence-electron chi connectivity index (χ1n) is 8.07. The van der Waals surface area contributed by atoms with Crippen LogP contribution in [0.4, 0.5) is 15.8 Å². The monoisotopic (exact) mass is 389 g/mol. The largest absolute Gasteiger partial charge is 0.322 e. The van der Waals surface area contributed by atoms with Crippen molar-refractivity contribution in [3.05, 3.63) is 69.5 Å². The quantitative estimate of drug-likeness (QED) is 0.640. The number of nitro benzene ring substituents is 1. The number of nitro groups is 1. The molecule has 1 saturated heterocycles. The summed E-state index contributed by atoms with van der Waals surface area (Å²) in [4.78, 5) is 37.2. The van der Waals surface area contributed by atoms with Gasteiger partial charge >= 0.3 is 0 Å². The van der Waals surface area contributed by atoms with Gasteiger partial charge in [-0.05, 0) is 31.2 Å². The van der Waals surface area contributed by atoms with Crippen LogP contribution in [0, 0.1) is 22.9 Å². The standard InChI is InChI=1S/C18H16FN3O4S/c1-11-8-12(6-7-15(11)22(25)26)18(24)21-10-27-9-16(21)17(23)20-14-5-3-2-4-13(14)19/h2-8,16H,9-10H2,1H3,(H,20,23). The van der Waals surface area contributed by atoms with E-state index in [1.807, 2.05) is 0 Å². The van der Waals surface area contributed by atoms with Gasteiger partial charge < -0.3 is 10.2 Å². The van der Waals surface area contributed by atoms with Crippen LogP contribution in [-0.4, -0.2) is 39.3 Å². The van der Waals surface area contributed by atoms with Gasteiger partial charge in [-0.3, -0.25) is 19.7 Å². The Morgan fingerprint density at radius 1 is 1.30 bits per heavy atom. The maximum Gasteiger partial charge on any atom is 0.272 e. The summed E-state index contributed by atoms with van der Waals surface area (Å²) in [5, 5.41) is 13.4. The average molecular weight is 389 g/mol. The van der Waals surface area contributed by atoms with Crippen LogP contribution in [-0.2, 0) is 4.79 Å². The first kappa shape index (κ1) is 18.8. The second-order valence-electron chi connectivity index (χ2n) is 6.02. The molecule has 0 aliphatic carbocycles. The molecule has 2 aromatic carbocycles. The molecule has 1 atom stereocenters. The van der Waals surface area contributed by atoms with Gasteiger partial charge in [0.05, 0.1) is 16.5 Å². The zero-order valence-electron chi connectivity index (χ0n) is 14.3. The van der Waals surface area contributed by atoms with Crippen molar-refractivity contribution in [2.75, 3.05) is 16.9 Å². The Labute approximate surface area is 158 Å². The molecule has 2 aromatic rings. The Balaban J connectivity index is 1.78. The van der Waals surface area contributed by atoms with Crippen LogP contribution in [0.25, 0.3) is 0 Å². The smallest absolute Gasteiger partial charge is 0.272 e. The molecule has 140 valence electrons. The minimum atomic E-state index is -0.752. The lowest BCUT2D eigenvalue weighted by Crippen LogP contribution is -2.44. The lowest BCUT2D eigenvalue weighted by atomic mass is 10.1. The van der Waals surface area contributed by atoms with Crippen molar-refractivity contribution in [1.82, 2.24) is 4.90 Å². The number of hydrogen-bond donors (Lipinski definition) is 1. The number of aryl methyl sites for hydroxylation is 1. The van der Waals surface area contributed by atoms with Gasteiger partial charge in [-0.1, -0.05) is 12.1 Å². The Morgan fingerprint density at radius 2 is 2.04 bits per heavy atom. The molecule has 1 aliphatic rings. The van der Waals surface area contributed by atoms with E-state index in [2.05, 4.69) is 5.32 Å². The summed E-state index contributed by atoms with van der Waals surface area (Å²) in [5.41, 5.74) is 0.614. The third kappa shape index (κ3) is 3.92. The predicted molar refractivity (Wildman–Crippen MR) is 100 cm³/mol. The number of amides is 2. The molecule has 0 radical (unpaired) electrons. The highest BCUT2D eigenvalue weighted by Gasteiger charge is 2.35. The molecule has 1 fully saturated rings. The van der Waals surface area contributed by atoms with E-state index in [1.165, 1.54) is 53.1 Å². The maximum absolute atomic E-state index is 13.7. The van der Waals surface area contributed by atoms with Crippen LogP contribution in [0.1, 0.15) is 15.9 Å². The molecular weight excluding hydrogens is 373 g/mol. The fourth-order valence-electron chi connectivity index (χ4n) is 2.80. The lowest BCUT2D eigenvalue weighted by Gasteiger charge is -2.23. The van der Waals surface area contributed by atoms with E-state index in [-0.39, 0.29) is 16.9 Å². The Morgan fingerprint density at radius 3 is 2.70 bits per heavy atom. The van der Waals surface area contributed by atoms with Crippen LogP contribution < -0.4 is 5.32 Å². The number of rotatable bonds is 4. The molecule has 9 heteroatoms. The van der Waals surface area contributed by atoms with Gasteiger partial charge in [0.1, 0.15) is 11.9 Å². The average Bonchev–Trinajstić information content (AvgIpc) is 3.12. The van der Waals surface area contributed by atoms with E-state index in [0.29, 0.717) is 17.2 Å². The SMILES string of the molecule is Cc1cc(C(=O)N2CSCC2C(=O)Nc2ccccc2F)ccc1[N+](=O)[O-]. The number of carbonyl (C=O) groups excluding carboxylic acids is 2. The molecule has 0 bridgehead atoms. The first-order valence-corrected chi connectivity index (χ1v) is 9.23.